The van der Waals surface area contributed by atoms with E-state index in [4.69, 9.17) is 9.47 Å². The van der Waals surface area contributed by atoms with Crippen LogP contribution in [-0.2, 0) is 10.2 Å². The van der Waals surface area contributed by atoms with Gasteiger partial charge in [-0.1, -0.05) is 12.2 Å². The highest BCUT2D eigenvalue weighted by Crippen LogP contribution is 2.81. The van der Waals surface area contributed by atoms with E-state index in [-0.39, 0.29) is 22.6 Å². The van der Waals surface area contributed by atoms with Gasteiger partial charge >= 0.3 is 6.09 Å². The number of anilines is 1. The van der Waals surface area contributed by atoms with Gasteiger partial charge in [0.2, 0.25) is 0 Å². The summed E-state index contributed by atoms with van der Waals surface area (Å²) in [5.41, 5.74) is 1.44. The lowest BCUT2D eigenvalue weighted by molar-refractivity contribution is 0.0503. The zero-order valence-corrected chi connectivity index (χ0v) is 19.2. The lowest BCUT2D eigenvalue weighted by Gasteiger charge is -2.48. The molecule has 2 bridgehead atoms. The SMILES string of the molecule is C=CCN1CCC23c4cc(OC)ccc4N(C(=O)OC(C)(C)C)[C@@]24CC[C@]1(C=C)CC34. The summed E-state index contributed by atoms with van der Waals surface area (Å²) >= 11 is 0. The minimum absolute atomic E-state index is 0.0312. The molecule has 0 N–H and O–H groups in total. The zero-order chi connectivity index (χ0) is 22.2. The van der Waals surface area contributed by atoms with E-state index in [0.29, 0.717) is 5.92 Å². The lowest BCUT2D eigenvalue weighted by atomic mass is 9.77. The molecular weight excluding hydrogens is 388 g/mol. The van der Waals surface area contributed by atoms with Crippen LogP contribution in [0.2, 0.25) is 0 Å². The fraction of sp³-hybridized carbons (Fsp3) is 0.577. The van der Waals surface area contributed by atoms with E-state index in [0.717, 1.165) is 50.2 Å². The Morgan fingerprint density at radius 1 is 1.26 bits per heavy atom. The first-order valence-corrected chi connectivity index (χ1v) is 11.4. The summed E-state index contributed by atoms with van der Waals surface area (Å²) in [6, 6.07) is 6.17. The van der Waals surface area contributed by atoms with Gasteiger partial charge in [0.05, 0.1) is 18.3 Å². The fourth-order valence-electron chi connectivity index (χ4n) is 7.23. The van der Waals surface area contributed by atoms with Gasteiger partial charge in [0.15, 0.2) is 0 Å². The summed E-state index contributed by atoms with van der Waals surface area (Å²) in [5, 5.41) is 0. The fourth-order valence-corrected chi connectivity index (χ4v) is 7.23. The molecule has 2 unspecified atom stereocenters. The average molecular weight is 423 g/mol. The maximum atomic E-state index is 13.6. The van der Waals surface area contributed by atoms with Crippen LogP contribution < -0.4 is 9.64 Å². The largest absolute Gasteiger partial charge is 0.497 e. The van der Waals surface area contributed by atoms with E-state index in [9.17, 15) is 4.79 Å². The number of benzene rings is 1. The van der Waals surface area contributed by atoms with Crippen LogP contribution in [0.5, 0.6) is 5.75 Å². The number of carbonyl (C=O) groups excluding carboxylic acids is 1. The summed E-state index contributed by atoms with van der Waals surface area (Å²) in [5.74, 6) is 1.24. The molecule has 1 amide bonds. The number of methoxy groups -OCH3 is 1. The number of hydrogen-bond donors (Lipinski definition) is 0. The van der Waals surface area contributed by atoms with E-state index in [2.05, 4.69) is 30.2 Å². The third-order valence-corrected chi connectivity index (χ3v) is 8.39. The van der Waals surface area contributed by atoms with Crippen LogP contribution in [0.1, 0.15) is 52.0 Å². The van der Waals surface area contributed by atoms with Gasteiger partial charge in [0.1, 0.15) is 11.4 Å². The van der Waals surface area contributed by atoms with Gasteiger partial charge in [-0.05, 0) is 76.1 Å². The van der Waals surface area contributed by atoms with E-state index in [1.807, 2.05) is 43.9 Å². The Balaban J connectivity index is 1.65. The molecule has 5 heteroatoms. The van der Waals surface area contributed by atoms with Crippen molar-refractivity contribution in [3.63, 3.8) is 0 Å². The predicted molar refractivity (Wildman–Crippen MR) is 123 cm³/mol. The third-order valence-electron chi connectivity index (χ3n) is 8.39. The van der Waals surface area contributed by atoms with Gasteiger partial charge in [-0.15, -0.1) is 13.2 Å². The average Bonchev–Trinajstić information content (AvgIpc) is 3.25. The van der Waals surface area contributed by atoms with Crippen molar-refractivity contribution in [1.29, 1.82) is 0 Å². The van der Waals surface area contributed by atoms with Gasteiger partial charge in [0.25, 0.3) is 0 Å². The molecule has 4 atom stereocenters. The molecule has 31 heavy (non-hydrogen) atoms. The molecular formula is C26H34N2O3. The summed E-state index contributed by atoms with van der Waals surface area (Å²) in [4.78, 5) is 18.1. The Morgan fingerprint density at radius 3 is 2.68 bits per heavy atom. The van der Waals surface area contributed by atoms with Crippen LogP contribution in [0.15, 0.2) is 43.5 Å². The molecule has 2 saturated carbocycles. The maximum absolute atomic E-state index is 13.6. The van der Waals surface area contributed by atoms with Crippen LogP contribution in [0.3, 0.4) is 0 Å². The Labute approximate surface area is 185 Å². The van der Waals surface area contributed by atoms with E-state index in [1.54, 1.807) is 7.11 Å². The quantitative estimate of drug-likeness (QED) is 0.636. The molecule has 2 aliphatic carbocycles. The minimum atomic E-state index is -0.534. The number of carbonyl (C=O) groups is 1. The summed E-state index contributed by atoms with van der Waals surface area (Å²) in [6.07, 6.45) is 7.90. The van der Waals surface area contributed by atoms with Crippen LogP contribution in [0, 0.1) is 5.92 Å². The number of amides is 1. The molecule has 0 radical (unpaired) electrons. The third kappa shape index (κ3) is 2.44. The Morgan fingerprint density at radius 2 is 2.03 bits per heavy atom. The van der Waals surface area contributed by atoms with Crippen LogP contribution in [0.4, 0.5) is 10.5 Å². The second-order valence-electron chi connectivity index (χ2n) is 10.6. The number of ether oxygens (including phenoxy) is 2. The first-order chi connectivity index (χ1) is 14.7. The number of hydrogen-bond acceptors (Lipinski definition) is 4. The van der Waals surface area contributed by atoms with Crippen molar-refractivity contribution in [2.45, 2.75) is 68.5 Å². The predicted octanol–water partition coefficient (Wildman–Crippen LogP) is 5.06. The smallest absolute Gasteiger partial charge is 0.415 e. The van der Waals surface area contributed by atoms with E-state index in [1.165, 1.54) is 5.56 Å². The number of fused-ring (bicyclic) bond motifs is 2. The highest BCUT2D eigenvalue weighted by Gasteiger charge is 2.86. The second-order valence-corrected chi connectivity index (χ2v) is 10.6. The lowest BCUT2D eigenvalue weighted by Crippen LogP contribution is -2.56. The van der Waals surface area contributed by atoms with Crippen molar-refractivity contribution in [3.05, 3.63) is 49.1 Å². The van der Waals surface area contributed by atoms with Crippen LogP contribution in [0.25, 0.3) is 0 Å². The van der Waals surface area contributed by atoms with Gasteiger partial charge in [-0.2, -0.15) is 0 Å². The Bertz CT molecular complexity index is 966. The summed E-state index contributed by atoms with van der Waals surface area (Å²) in [6.45, 7) is 15.9. The Hall–Kier alpha value is -2.27. The van der Waals surface area contributed by atoms with Crippen molar-refractivity contribution in [2.75, 3.05) is 25.1 Å². The highest BCUT2D eigenvalue weighted by molar-refractivity contribution is 5.97. The van der Waals surface area contributed by atoms with E-state index >= 15 is 0 Å². The first kappa shape index (κ1) is 20.6. The van der Waals surface area contributed by atoms with Gasteiger partial charge in [0, 0.05) is 24.0 Å². The molecule has 0 aromatic heterocycles. The van der Waals surface area contributed by atoms with E-state index < -0.39 is 5.60 Å². The standard InChI is InChI=1S/C26H34N2O3/c1-7-14-27-15-13-25-19-16-18(30-6)9-10-20(19)28(22(29)31-23(3,4)5)26(25)12-11-24(27,8-2)17-21(25)26/h7-10,16,21H,1-2,11-15,17H2,3-6H3/t21?,24-,25?,26-/m1/s1. The topological polar surface area (TPSA) is 42.0 Å². The number of nitrogens with zero attached hydrogens (tertiary/aromatic N) is 2. The maximum Gasteiger partial charge on any atom is 0.415 e. The zero-order valence-electron chi connectivity index (χ0n) is 19.2. The van der Waals surface area contributed by atoms with Crippen molar-refractivity contribution < 1.29 is 14.3 Å². The second kappa shape index (κ2) is 6.38. The minimum Gasteiger partial charge on any atom is -0.497 e. The molecule has 2 spiro atoms. The molecule has 1 aromatic rings. The highest BCUT2D eigenvalue weighted by atomic mass is 16.6. The molecule has 5 nitrogen and oxygen atoms in total. The molecule has 3 fully saturated rings. The monoisotopic (exact) mass is 422 g/mol. The number of likely N-dealkylation sites (tertiary alicyclic amines) is 1. The van der Waals surface area contributed by atoms with Gasteiger partial charge < -0.3 is 9.47 Å². The molecule has 4 aliphatic rings. The van der Waals surface area contributed by atoms with Crippen molar-refractivity contribution in [1.82, 2.24) is 4.90 Å². The summed E-state index contributed by atoms with van der Waals surface area (Å²) < 4.78 is 11.5. The van der Waals surface area contributed by atoms with Crippen molar-refractivity contribution >= 4 is 11.8 Å². The molecule has 2 heterocycles. The molecule has 1 saturated heterocycles. The molecule has 5 rings (SSSR count). The van der Waals surface area contributed by atoms with Crippen molar-refractivity contribution in [3.8, 4) is 5.75 Å². The van der Waals surface area contributed by atoms with Gasteiger partial charge in [-0.25, -0.2) is 4.79 Å². The Kier molecular flexibility index (Phi) is 4.24. The number of rotatable bonds is 4. The van der Waals surface area contributed by atoms with Crippen molar-refractivity contribution in [2.24, 2.45) is 5.92 Å². The van der Waals surface area contributed by atoms with Gasteiger partial charge in [-0.3, -0.25) is 9.80 Å². The molecule has 2 aliphatic heterocycles. The normalized spacial score (nSPS) is 35.5. The molecule has 1 aromatic carbocycles. The van der Waals surface area contributed by atoms with Crippen LogP contribution >= 0.6 is 0 Å². The van der Waals surface area contributed by atoms with Crippen LogP contribution in [-0.4, -0.2) is 47.9 Å². The molecule has 166 valence electrons. The first-order valence-electron chi connectivity index (χ1n) is 11.4. The summed E-state index contributed by atoms with van der Waals surface area (Å²) in [7, 11) is 1.71.